The quantitative estimate of drug-likeness (QED) is 0.830. The van der Waals surface area contributed by atoms with E-state index in [1.807, 2.05) is 12.1 Å². The lowest BCUT2D eigenvalue weighted by Crippen LogP contribution is -2.03. The molecule has 0 unspecified atom stereocenters. The van der Waals surface area contributed by atoms with Crippen LogP contribution in [-0.2, 0) is 6.42 Å². The van der Waals surface area contributed by atoms with Gasteiger partial charge in [-0.05, 0) is 60.3 Å². The molecule has 0 aromatic heterocycles. The molecule has 0 spiro atoms. The van der Waals surface area contributed by atoms with E-state index in [-0.39, 0.29) is 0 Å². The van der Waals surface area contributed by atoms with Crippen molar-refractivity contribution in [2.75, 3.05) is 6.54 Å². The molecule has 2 aromatic carbocycles. The predicted molar refractivity (Wildman–Crippen MR) is 88.9 cm³/mol. The lowest BCUT2D eigenvalue weighted by atomic mass is 10.0. The van der Waals surface area contributed by atoms with Crippen molar-refractivity contribution in [3.63, 3.8) is 0 Å². The van der Waals surface area contributed by atoms with Crippen LogP contribution in [0.1, 0.15) is 30.9 Å². The van der Waals surface area contributed by atoms with Gasteiger partial charge >= 0.3 is 0 Å². The molecule has 0 amide bonds. The highest BCUT2D eigenvalue weighted by molar-refractivity contribution is 7.99. The lowest BCUT2D eigenvalue weighted by molar-refractivity contribution is 0.865. The Balaban J connectivity index is 2.20. The largest absolute Gasteiger partial charge is 0.330 e. The molecule has 2 aromatic rings. The Bertz CT molecular complexity index is 564. The average Bonchev–Trinajstić information content (AvgIpc) is 2.43. The van der Waals surface area contributed by atoms with Crippen LogP contribution in [0.15, 0.2) is 52.3 Å². The summed E-state index contributed by atoms with van der Waals surface area (Å²) in [6.45, 7) is 5.06. The summed E-state index contributed by atoms with van der Waals surface area (Å²) < 4.78 is 0. The Kier molecular flexibility index (Phi) is 5.53. The summed E-state index contributed by atoms with van der Waals surface area (Å²) in [5.74, 6) is 0.567. The second-order valence-electron chi connectivity index (χ2n) is 5.12. The molecule has 1 nitrogen and oxygen atoms in total. The third kappa shape index (κ3) is 4.02. The molecule has 2 N–H and O–H groups in total. The summed E-state index contributed by atoms with van der Waals surface area (Å²) in [5, 5.41) is 0.771. The molecule has 0 saturated carbocycles. The van der Waals surface area contributed by atoms with E-state index in [0.717, 1.165) is 11.4 Å². The SMILES string of the molecule is CC(C)c1ccc(Sc2ccc(Cl)cc2CCN)cc1. The van der Waals surface area contributed by atoms with Crippen LogP contribution >= 0.6 is 23.4 Å². The van der Waals surface area contributed by atoms with E-state index < -0.39 is 0 Å². The average molecular weight is 306 g/mol. The van der Waals surface area contributed by atoms with Crippen LogP contribution in [0.3, 0.4) is 0 Å². The van der Waals surface area contributed by atoms with Gasteiger partial charge in [0.2, 0.25) is 0 Å². The Morgan fingerprint density at radius 3 is 2.40 bits per heavy atom. The van der Waals surface area contributed by atoms with Crippen LogP contribution in [0, 0.1) is 0 Å². The normalized spacial score (nSPS) is 11.1. The summed E-state index contributed by atoms with van der Waals surface area (Å²) in [6.07, 6.45) is 0.854. The van der Waals surface area contributed by atoms with E-state index >= 15 is 0 Å². The van der Waals surface area contributed by atoms with E-state index in [9.17, 15) is 0 Å². The summed E-state index contributed by atoms with van der Waals surface area (Å²) >= 11 is 7.83. The van der Waals surface area contributed by atoms with Gasteiger partial charge in [-0.2, -0.15) is 0 Å². The number of benzene rings is 2. The first-order chi connectivity index (χ1) is 9.60. The molecule has 0 atom stereocenters. The molecule has 0 fully saturated rings. The molecule has 0 heterocycles. The van der Waals surface area contributed by atoms with Crippen LogP contribution in [-0.4, -0.2) is 6.54 Å². The van der Waals surface area contributed by atoms with Crippen molar-refractivity contribution in [2.45, 2.75) is 36.0 Å². The fourth-order valence-corrected chi connectivity index (χ4v) is 3.20. The fraction of sp³-hybridized carbons (Fsp3) is 0.294. The first kappa shape index (κ1) is 15.4. The van der Waals surface area contributed by atoms with Crippen molar-refractivity contribution >= 4 is 23.4 Å². The number of hydrogen-bond acceptors (Lipinski definition) is 2. The highest BCUT2D eigenvalue weighted by Crippen LogP contribution is 2.33. The minimum absolute atomic E-state index is 0.567. The molecule has 106 valence electrons. The van der Waals surface area contributed by atoms with Gasteiger partial charge in [0.1, 0.15) is 0 Å². The Labute approximate surface area is 130 Å². The molecule has 20 heavy (non-hydrogen) atoms. The van der Waals surface area contributed by atoms with Crippen molar-refractivity contribution in [2.24, 2.45) is 5.73 Å². The summed E-state index contributed by atoms with van der Waals surface area (Å²) in [5.41, 5.74) is 8.26. The molecule has 0 aliphatic carbocycles. The smallest absolute Gasteiger partial charge is 0.0409 e. The van der Waals surface area contributed by atoms with Gasteiger partial charge in [0, 0.05) is 14.8 Å². The van der Waals surface area contributed by atoms with Crippen LogP contribution < -0.4 is 5.73 Å². The Morgan fingerprint density at radius 1 is 1.10 bits per heavy atom. The van der Waals surface area contributed by atoms with Gasteiger partial charge in [-0.3, -0.25) is 0 Å². The van der Waals surface area contributed by atoms with Gasteiger partial charge in [0.15, 0.2) is 0 Å². The first-order valence-electron chi connectivity index (χ1n) is 6.86. The first-order valence-corrected chi connectivity index (χ1v) is 8.06. The van der Waals surface area contributed by atoms with Gasteiger partial charge < -0.3 is 5.73 Å². The molecule has 0 radical (unpaired) electrons. The zero-order chi connectivity index (χ0) is 14.5. The van der Waals surface area contributed by atoms with E-state index in [1.165, 1.54) is 20.9 Å². The van der Waals surface area contributed by atoms with E-state index in [4.69, 9.17) is 17.3 Å². The minimum atomic E-state index is 0.567. The van der Waals surface area contributed by atoms with E-state index in [0.29, 0.717) is 12.5 Å². The third-order valence-electron chi connectivity index (χ3n) is 3.21. The Morgan fingerprint density at radius 2 is 1.80 bits per heavy atom. The van der Waals surface area contributed by atoms with Crippen molar-refractivity contribution in [3.05, 3.63) is 58.6 Å². The predicted octanol–water partition coefficient (Wildman–Crippen LogP) is 5.12. The van der Waals surface area contributed by atoms with E-state index in [1.54, 1.807) is 11.8 Å². The second kappa shape index (κ2) is 7.16. The second-order valence-corrected chi connectivity index (χ2v) is 6.67. The van der Waals surface area contributed by atoms with Crippen molar-refractivity contribution in [1.82, 2.24) is 0 Å². The standard InChI is InChI=1S/C17H20ClNS/c1-12(2)13-3-6-16(7-4-13)20-17-8-5-15(18)11-14(17)9-10-19/h3-8,11-12H,9-10,19H2,1-2H3. The van der Waals surface area contributed by atoms with Gasteiger partial charge in [-0.1, -0.05) is 49.3 Å². The maximum atomic E-state index is 6.06. The zero-order valence-corrected chi connectivity index (χ0v) is 13.5. The highest BCUT2D eigenvalue weighted by Gasteiger charge is 2.06. The topological polar surface area (TPSA) is 26.0 Å². The van der Waals surface area contributed by atoms with Crippen molar-refractivity contribution in [3.8, 4) is 0 Å². The molecule has 3 heteroatoms. The molecule has 2 rings (SSSR count). The molecule has 0 aliphatic rings. The molecule has 0 bridgehead atoms. The summed E-state index contributed by atoms with van der Waals surface area (Å²) in [6, 6.07) is 14.8. The molecule has 0 aliphatic heterocycles. The van der Waals surface area contributed by atoms with Crippen molar-refractivity contribution in [1.29, 1.82) is 0 Å². The van der Waals surface area contributed by atoms with Crippen LogP contribution in [0.25, 0.3) is 0 Å². The molecular weight excluding hydrogens is 286 g/mol. The number of hydrogen-bond donors (Lipinski definition) is 1. The summed E-state index contributed by atoms with van der Waals surface area (Å²) in [7, 11) is 0. The van der Waals surface area contributed by atoms with Crippen LogP contribution in [0.2, 0.25) is 5.02 Å². The lowest BCUT2D eigenvalue weighted by Gasteiger charge is -2.10. The Hall–Kier alpha value is -0.960. The zero-order valence-electron chi connectivity index (χ0n) is 11.9. The third-order valence-corrected chi connectivity index (χ3v) is 4.57. The van der Waals surface area contributed by atoms with E-state index in [2.05, 4.69) is 44.2 Å². The van der Waals surface area contributed by atoms with Crippen molar-refractivity contribution < 1.29 is 0 Å². The maximum absolute atomic E-state index is 6.06. The monoisotopic (exact) mass is 305 g/mol. The number of rotatable bonds is 5. The molecular formula is C17H20ClNS. The van der Waals surface area contributed by atoms with Gasteiger partial charge in [-0.15, -0.1) is 0 Å². The minimum Gasteiger partial charge on any atom is -0.330 e. The van der Waals surface area contributed by atoms with Gasteiger partial charge in [0.05, 0.1) is 0 Å². The molecule has 0 saturated heterocycles. The van der Waals surface area contributed by atoms with Crippen LogP contribution in [0.4, 0.5) is 0 Å². The summed E-state index contributed by atoms with van der Waals surface area (Å²) in [4.78, 5) is 2.48. The number of halogens is 1. The number of nitrogens with two attached hydrogens (primary N) is 1. The highest BCUT2D eigenvalue weighted by atomic mass is 35.5. The van der Waals surface area contributed by atoms with Gasteiger partial charge in [0.25, 0.3) is 0 Å². The maximum Gasteiger partial charge on any atom is 0.0409 e. The fourth-order valence-electron chi connectivity index (χ4n) is 2.05. The van der Waals surface area contributed by atoms with Gasteiger partial charge in [-0.25, -0.2) is 0 Å². The van der Waals surface area contributed by atoms with Crippen LogP contribution in [0.5, 0.6) is 0 Å².